The van der Waals surface area contributed by atoms with Crippen molar-refractivity contribution in [1.29, 1.82) is 0 Å². The normalized spacial score (nSPS) is 12.5. The topological polar surface area (TPSA) is 111 Å². The van der Waals surface area contributed by atoms with E-state index in [9.17, 15) is 16.8 Å². The average molecular weight is 393 g/mol. The number of hydrogen-bond donors (Lipinski definition) is 2. The predicted octanol–water partition coefficient (Wildman–Crippen LogP) is 1.66. The van der Waals surface area contributed by atoms with Crippen LogP contribution < -0.4 is 9.86 Å². The third kappa shape index (κ3) is 4.13. The molecule has 0 radical (unpaired) electrons. The van der Waals surface area contributed by atoms with Crippen LogP contribution >= 0.6 is 0 Å². The minimum atomic E-state index is -3.96. The Morgan fingerprint density at radius 3 is 2.42 bits per heavy atom. The maximum absolute atomic E-state index is 12.3. The first-order chi connectivity index (χ1) is 12.3. The molecule has 0 unspecified atom stereocenters. The summed E-state index contributed by atoms with van der Waals surface area (Å²) in [5.74, 6) is 0. The number of aryl methyl sites for hydroxylation is 1. The largest absolute Gasteiger partial charge is 0.347 e. The van der Waals surface area contributed by atoms with Crippen LogP contribution in [0.4, 0.5) is 0 Å². The number of rotatable bonds is 7. The molecule has 0 atom stereocenters. The van der Waals surface area contributed by atoms with Gasteiger partial charge in [0, 0.05) is 24.8 Å². The molecular weight excluding hydrogens is 374 g/mol. The Bertz CT molecular complexity index is 1140. The van der Waals surface area contributed by atoms with Crippen molar-refractivity contribution in [1.82, 2.24) is 9.29 Å². The van der Waals surface area contributed by atoms with Gasteiger partial charge in [0.1, 0.15) is 0 Å². The van der Waals surface area contributed by atoms with Crippen LogP contribution in [0.5, 0.6) is 0 Å². The number of primary sulfonamides is 1. The zero-order chi connectivity index (χ0) is 18.8. The van der Waals surface area contributed by atoms with Gasteiger partial charge in [0.15, 0.2) is 0 Å². The van der Waals surface area contributed by atoms with Gasteiger partial charge in [0.2, 0.25) is 20.0 Å². The maximum Gasteiger partial charge on any atom is 0.240 e. The number of nitrogens with zero attached hydrogens (tertiary/aromatic N) is 1. The SMILES string of the molecule is NS(=O)(=O)c1cccc(S(=O)(=O)NCCCn2ccc3ccccc32)c1. The summed E-state index contributed by atoms with van der Waals surface area (Å²) in [5, 5.41) is 6.18. The fourth-order valence-corrected chi connectivity index (χ4v) is 4.45. The summed E-state index contributed by atoms with van der Waals surface area (Å²) in [7, 11) is -7.76. The van der Waals surface area contributed by atoms with Gasteiger partial charge in [-0.05, 0) is 42.1 Å². The number of fused-ring (bicyclic) bond motifs is 1. The van der Waals surface area contributed by atoms with Crippen molar-refractivity contribution in [3.63, 3.8) is 0 Å². The summed E-state index contributed by atoms with van der Waals surface area (Å²) >= 11 is 0. The van der Waals surface area contributed by atoms with Crippen molar-refractivity contribution in [2.45, 2.75) is 22.8 Å². The molecule has 9 heteroatoms. The van der Waals surface area contributed by atoms with Gasteiger partial charge in [-0.2, -0.15) is 0 Å². The molecule has 1 aromatic heterocycles. The molecule has 0 aliphatic rings. The van der Waals surface area contributed by atoms with E-state index in [0.29, 0.717) is 13.0 Å². The summed E-state index contributed by atoms with van der Waals surface area (Å²) in [6.07, 6.45) is 2.56. The molecular formula is C17H19N3O4S2. The second-order valence-electron chi connectivity index (χ2n) is 5.84. The first-order valence-corrected chi connectivity index (χ1v) is 11.0. The maximum atomic E-state index is 12.3. The molecule has 0 spiro atoms. The van der Waals surface area contributed by atoms with Crippen LogP contribution in [-0.4, -0.2) is 27.9 Å². The molecule has 138 valence electrons. The lowest BCUT2D eigenvalue weighted by Gasteiger charge is -2.09. The van der Waals surface area contributed by atoms with Crippen molar-refractivity contribution in [2.24, 2.45) is 5.14 Å². The molecule has 0 amide bonds. The second-order valence-corrected chi connectivity index (χ2v) is 9.17. The van der Waals surface area contributed by atoms with E-state index in [4.69, 9.17) is 5.14 Å². The fraction of sp³-hybridized carbons (Fsp3) is 0.176. The fourth-order valence-electron chi connectivity index (χ4n) is 2.69. The van der Waals surface area contributed by atoms with Crippen LogP contribution in [-0.2, 0) is 26.6 Å². The van der Waals surface area contributed by atoms with Gasteiger partial charge in [-0.15, -0.1) is 0 Å². The van der Waals surface area contributed by atoms with E-state index in [2.05, 4.69) is 9.29 Å². The minimum Gasteiger partial charge on any atom is -0.347 e. The number of hydrogen-bond acceptors (Lipinski definition) is 4. The molecule has 3 rings (SSSR count). The third-order valence-corrected chi connectivity index (χ3v) is 6.36. The quantitative estimate of drug-likeness (QED) is 0.595. The molecule has 0 saturated carbocycles. The molecule has 0 bridgehead atoms. The van der Waals surface area contributed by atoms with Crippen LogP contribution in [0.1, 0.15) is 6.42 Å². The lowest BCUT2D eigenvalue weighted by Crippen LogP contribution is -2.26. The zero-order valence-corrected chi connectivity index (χ0v) is 15.5. The highest BCUT2D eigenvalue weighted by molar-refractivity contribution is 7.90. The molecule has 3 aromatic rings. The van der Waals surface area contributed by atoms with Crippen molar-refractivity contribution >= 4 is 30.9 Å². The van der Waals surface area contributed by atoms with Crippen LogP contribution in [0.25, 0.3) is 10.9 Å². The Kier molecular flexibility index (Phi) is 5.15. The number of benzene rings is 2. The van der Waals surface area contributed by atoms with E-state index in [-0.39, 0.29) is 16.3 Å². The molecule has 0 saturated heterocycles. The summed E-state index contributed by atoms with van der Waals surface area (Å²) < 4.78 is 52.0. The minimum absolute atomic E-state index is 0.129. The number of sulfonamides is 2. The average Bonchev–Trinajstić information content (AvgIpc) is 3.01. The highest BCUT2D eigenvalue weighted by Gasteiger charge is 2.16. The van der Waals surface area contributed by atoms with Crippen LogP contribution in [0.15, 0.2) is 70.6 Å². The molecule has 0 aliphatic heterocycles. The summed E-state index contributed by atoms with van der Waals surface area (Å²) in [5.41, 5.74) is 1.09. The number of nitrogens with one attached hydrogen (secondary N) is 1. The molecule has 0 fully saturated rings. The van der Waals surface area contributed by atoms with E-state index >= 15 is 0 Å². The first kappa shape index (κ1) is 18.6. The Hall–Kier alpha value is -2.20. The van der Waals surface area contributed by atoms with Gasteiger partial charge in [0.25, 0.3) is 0 Å². The first-order valence-electron chi connectivity index (χ1n) is 7.94. The van der Waals surface area contributed by atoms with Crippen molar-refractivity contribution in [3.05, 3.63) is 60.8 Å². The van der Waals surface area contributed by atoms with Crippen LogP contribution in [0.3, 0.4) is 0 Å². The number of para-hydroxylation sites is 1. The lowest BCUT2D eigenvalue weighted by molar-refractivity contribution is 0.571. The monoisotopic (exact) mass is 393 g/mol. The van der Waals surface area contributed by atoms with Gasteiger partial charge < -0.3 is 4.57 Å². The van der Waals surface area contributed by atoms with E-state index < -0.39 is 20.0 Å². The Morgan fingerprint density at radius 1 is 0.923 bits per heavy atom. The van der Waals surface area contributed by atoms with Gasteiger partial charge in [0.05, 0.1) is 9.79 Å². The molecule has 3 N–H and O–H groups in total. The Labute approximate surface area is 152 Å². The smallest absolute Gasteiger partial charge is 0.240 e. The van der Waals surface area contributed by atoms with E-state index in [1.165, 1.54) is 18.2 Å². The third-order valence-electron chi connectivity index (χ3n) is 3.99. The molecule has 0 aliphatic carbocycles. The number of nitrogens with two attached hydrogens (primary N) is 1. The van der Waals surface area contributed by atoms with Gasteiger partial charge >= 0.3 is 0 Å². The molecule has 2 aromatic carbocycles. The Balaban J connectivity index is 1.64. The highest BCUT2D eigenvalue weighted by atomic mass is 32.2. The van der Waals surface area contributed by atoms with Gasteiger partial charge in [-0.25, -0.2) is 26.7 Å². The summed E-state index contributed by atoms with van der Waals surface area (Å²) in [4.78, 5) is -0.366. The van der Waals surface area contributed by atoms with Crippen molar-refractivity contribution < 1.29 is 16.8 Å². The highest BCUT2D eigenvalue weighted by Crippen LogP contribution is 2.16. The predicted molar refractivity (Wildman–Crippen MR) is 99.6 cm³/mol. The van der Waals surface area contributed by atoms with E-state index in [1.807, 2.05) is 36.5 Å². The summed E-state index contributed by atoms with van der Waals surface area (Å²) in [6, 6.07) is 15.0. The van der Waals surface area contributed by atoms with Gasteiger partial charge in [-0.3, -0.25) is 0 Å². The number of aromatic nitrogens is 1. The second kappa shape index (κ2) is 7.20. The lowest BCUT2D eigenvalue weighted by atomic mass is 10.2. The standard InChI is InChI=1S/C17H19N3O4S2/c18-25(21,22)15-6-3-7-16(13-15)26(23,24)19-10-4-11-20-12-9-14-5-1-2-8-17(14)20/h1-3,5-9,12-13,19H,4,10-11H2,(H2,18,21,22). The summed E-state index contributed by atoms with van der Waals surface area (Å²) in [6.45, 7) is 0.891. The Morgan fingerprint density at radius 2 is 1.65 bits per heavy atom. The van der Waals surface area contributed by atoms with Crippen LogP contribution in [0, 0.1) is 0 Å². The molecule has 1 heterocycles. The molecule has 26 heavy (non-hydrogen) atoms. The van der Waals surface area contributed by atoms with E-state index in [0.717, 1.165) is 17.0 Å². The van der Waals surface area contributed by atoms with Crippen LogP contribution in [0.2, 0.25) is 0 Å². The molecule has 7 nitrogen and oxygen atoms in total. The zero-order valence-electron chi connectivity index (χ0n) is 13.9. The van der Waals surface area contributed by atoms with Gasteiger partial charge in [-0.1, -0.05) is 24.3 Å². The van der Waals surface area contributed by atoms with Crippen molar-refractivity contribution in [3.8, 4) is 0 Å². The van der Waals surface area contributed by atoms with Crippen molar-refractivity contribution in [2.75, 3.05) is 6.54 Å². The van der Waals surface area contributed by atoms with E-state index in [1.54, 1.807) is 0 Å².